The van der Waals surface area contributed by atoms with Crippen molar-refractivity contribution in [2.24, 2.45) is 0 Å². The van der Waals surface area contributed by atoms with E-state index in [-0.39, 0.29) is 18.1 Å². The van der Waals surface area contributed by atoms with Crippen LogP contribution in [0.1, 0.15) is 44.7 Å². The Morgan fingerprint density at radius 2 is 1.65 bits per heavy atom. The third-order valence-electron chi connectivity index (χ3n) is 5.46. The predicted molar refractivity (Wildman–Crippen MR) is 117 cm³/mol. The molecular formula is C22H25N3O5S. The largest absolute Gasteiger partial charge is 0.462 e. The van der Waals surface area contributed by atoms with Gasteiger partial charge in [0, 0.05) is 30.4 Å². The summed E-state index contributed by atoms with van der Waals surface area (Å²) in [5, 5.41) is 0.735. The lowest BCUT2D eigenvalue weighted by Crippen LogP contribution is -2.52. The van der Waals surface area contributed by atoms with E-state index in [1.54, 1.807) is 6.92 Å². The second-order valence-electron chi connectivity index (χ2n) is 7.41. The number of hydrogen-bond acceptors (Lipinski definition) is 6. The number of esters is 1. The molecule has 0 unspecified atom stereocenters. The number of rotatable bonds is 4. The Morgan fingerprint density at radius 3 is 2.19 bits per heavy atom. The van der Waals surface area contributed by atoms with E-state index in [2.05, 4.69) is 0 Å². The van der Waals surface area contributed by atoms with Crippen molar-refractivity contribution in [1.29, 1.82) is 0 Å². The van der Waals surface area contributed by atoms with Crippen molar-refractivity contribution < 1.29 is 23.9 Å². The summed E-state index contributed by atoms with van der Waals surface area (Å²) in [5.41, 5.74) is 3.55. The van der Waals surface area contributed by atoms with Gasteiger partial charge >= 0.3 is 12.0 Å². The number of likely N-dealkylation sites (N-methyl/N-ethyl adjacent to an activating group) is 2. The number of aromatic nitrogens is 1. The zero-order valence-corrected chi connectivity index (χ0v) is 19.5. The van der Waals surface area contributed by atoms with Gasteiger partial charge in [0.05, 0.1) is 12.2 Å². The highest BCUT2D eigenvalue weighted by Gasteiger charge is 2.38. The van der Waals surface area contributed by atoms with E-state index in [1.807, 2.05) is 38.3 Å². The van der Waals surface area contributed by atoms with E-state index < -0.39 is 17.8 Å². The maximum absolute atomic E-state index is 12.6. The number of urea groups is 1. The third-order valence-corrected chi connectivity index (χ3v) is 6.66. The Hall–Kier alpha value is -3.20. The van der Waals surface area contributed by atoms with Crippen LogP contribution in [0.25, 0.3) is 11.1 Å². The number of carbonyl (C=O) groups excluding carboxylic acids is 4. The zero-order valence-electron chi connectivity index (χ0n) is 18.7. The second kappa shape index (κ2) is 8.14. The number of carbonyl (C=O) groups is 4. The Bertz CT molecular complexity index is 1130. The summed E-state index contributed by atoms with van der Waals surface area (Å²) in [6.07, 6.45) is 1.50. The fourth-order valence-electron chi connectivity index (χ4n) is 3.59. The van der Waals surface area contributed by atoms with Crippen molar-refractivity contribution in [3.8, 4) is 5.00 Å². The molecule has 8 nitrogen and oxygen atoms in total. The van der Waals surface area contributed by atoms with Gasteiger partial charge in [0.25, 0.3) is 11.8 Å². The van der Waals surface area contributed by atoms with Crippen molar-refractivity contribution in [2.75, 3.05) is 20.7 Å². The minimum atomic E-state index is -0.666. The zero-order chi connectivity index (χ0) is 23.2. The molecule has 9 heteroatoms. The average molecular weight is 444 g/mol. The van der Waals surface area contributed by atoms with Crippen LogP contribution < -0.4 is 0 Å². The van der Waals surface area contributed by atoms with Crippen molar-refractivity contribution in [3.63, 3.8) is 0 Å². The van der Waals surface area contributed by atoms with Crippen LogP contribution in [-0.4, -0.2) is 58.9 Å². The van der Waals surface area contributed by atoms with E-state index in [4.69, 9.17) is 4.74 Å². The molecule has 164 valence electrons. The third kappa shape index (κ3) is 3.59. The second-order valence-corrected chi connectivity index (χ2v) is 8.62. The van der Waals surface area contributed by atoms with Crippen LogP contribution in [0.5, 0.6) is 0 Å². The molecule has 1 aliphatic heterocycles. The van der Waals surface area contributed by atoms with E-state index >= 15 is 0 Å². The molecule has 0 N–H and O–H groups in total. The highest BCUT2D eigenvalue weighted by Crippen LogP contribution is 2.35. The van der Waals surface area contributed by atoms with Crippen LogP contribution in [0.4, 0.5) is 4.79 Å². The predicted octanol–water partition coefficient (Wildman–Crippen LogP) is 3.38. The van der Waals surface area contributed by atoms with Crippen LogP contribution in [0.15, 0.2) is 11.6 Å². The standard InChI is InChI=1S/C22H25N3O5S/c1-8-30-21(28)17-12(3)14(5)31-20(17)25-11(2)9-15(13(25)4)10-16-18(26)23(6)22(29)24(7)19(16)27/h9-10H,8H2,1-7H3. The number of imide groups is 2. The molecule has 0 bridgehead atoms. The highest BCUT2D eigenvalue weighted by atomic mass is 32.1. The van der Waals surface area contributed by atoms with Crippen LogP contribution in [-0.2, 0) is 14.3 Å². The summed E-state index contributed by atoms with van der Waals surface area (Å²) in [4.78, 5) is 52.6. The molecule has 0 aliphatic carbocycles. The van der Waals surface area contributed by atoms with Crippen molar-refractivity contribution in [1.82, 2.24) is 14.4 Å². The summed E-state index contributed by atoms with van der Waals surface area (Å²) >= 11 is 1.48. The summed E-state index contributed by atoms with van der Waals surface area (Å²) in [7, 11) is 2.68. The number of barbiturate groups is 1. The fraction of sp³-hybridized carbons (Fsp3) is 0.364. The molecule has 1 aliphatic rings. The quantitative estimate of drug-likeness (QED) is 0.411. The molecule has 0 spiro atoms. The average Bonchev–Trinajstić information content (AvgIpc) is 3.16. The Morgan fingerprint density at radius 1 is 1.06 bits per heavy atom. The number of nitrogens with zero attached hydrogens (tertiary/aromatic N) is 3. The highest BCUT2D eigenvalue weighted by molar-refractivity contribution is 7.15. The van der Waals surface area contributed by atoms with Crippen LogP contribution in [0, 0.1) is 27.7 Å². The number of ether oxygens (including phenoxy) is 1. The van der Waals surface area contributed by atoms with Crippen molar-refractivity contribution in [2.45, 2.75) is 34.6 Å². The Labute approximate surface area is 184 Å². The molecule has 3 rings (SSSR count). The van der Waals surface area contributed by atoms with Crippen LogP contribution in [0.2, 0.25) is 0 Å². The minimum absolute atomic E-state index is 0.0889. The van der Waals surface area contributed by atoms with Gasteiger partial charge < -0.3 is 9.30 Å². The molecule has 0 radical (unpaired) electrons. The first-order valence-corrected chi connectivity index (χ1v) is 10.6. The number of amides is 4. The van der Waals surface area contributed by atoms with Gasteiger partial charge in [-0.3, -0.25) is 19.4 Å². The van der Waals surface area contributed by atoms with Gasteiger partial charge in [-0.05, 0) is 57.9 Å². The van der Waals surface area contributed by atoms with E-state index in [9.17, 15) is 19.2 Å². The molecule has 3 heterocycles. The minimum Gasteiger partial charge on any atom is -0.462 e. The summed E-state index contributed by atoms with van der Waals surface area (Å²) < 4.78 is 7.19. The molecule has 4 amide bonds. The van der Waals surface area contributed by atoms with Gasteiger partial charge in [0.15, 0.2) is 0 Å². The summed E-state index contributed by atoms with van der Waals surface area (Å²) in [6.45, 7) is 9.62. The normalized spacial score (nSPS) is 14.5. The van der Waals surface area contributed by atoms with Gasteiger partial charge in [-0.15, -0.1) is 11.3 Å². The summed E-state index contributed by atoms with van der Waals surface area (Å²) in [5.74, 6) is -1.67. The van der Waals surface area contributed by atoms with Crippen LogP contribution in [0.3, 0.4) is 0 Å². The molecule has 31 heavy (non-hydrogen) atoms. The maximum Gasteiger partial charge on any atom is 0.341 e. The Kier molecular flexibility index (Phi) is 5.91. The monoisotopic (exact) mass is 443 g/mol. The molecule has 0 saturated carbocycles. The van der Waals surface area contributed by atoms with Crippen molar-refractivity contribution >= 4 is 41.2 Å². The van der Waals surface area contributed by atoms with Gasteiger partial charge in [-0.25, -0.2) is 9.59 Å². The lowest BCUT2D eigenvalue weighted by molar-refractivity contribution is -0.134. The number of hydrogen-bond donors (Lipinski definition) is 0. The smallest absolute Gasteiger partial charge is 0.341 e. The Balaban J connectivity index is 2.16. The molecule has 2 aromatic rings. The van der Waals surface area contributed by atoms with E-state index in [1.165, 1.54) is 31.5 Å². The van der Waals surface area contributed by atoms with Gasteiger partial charge in [0.1, 0.15) is 10.6 Å². The van der Waals surface area contributed by atoms with E-state index in [0.717, 1.165) is 36.6 Å². The first-order chi connectivity index (χ1) is 14.5. The molecule has 2 aromatic heterocycles. The molecule has 1 fully saturated rings. The SMILES string of the molecule is CCOC(=O)c1c(-n2c(C)cc(C=C3C(=O)N(C)C(=O)N(C)C3=O)c2C)sc(C)c1C. The number of thiophene rings is 1. The lowest BCUT2D eigenvalue weighted by atomic mass is 10.1. The van der Waals surface area contributed by atoms with Crippen LogP contribution >= 0.6 is 11.3 Å². The van der Waals surface area contributed by atoms with Crippen molar-refractivity contribution in [3.05, 3.63) is 44.6 Å². The topological polar surface area (TPSA) is 88.9 Å². The molecule has 0 aromatic carbocycles. The molecular weight excluding hydrogens is 418 g/mol. The lowest BCUT2D eigenvalue weighted by Gasteiger charge is -2.28. The molecule has 0 atom stereocenters. The molecule has 1 saturated heterocycles. The van der Waals surface area contributed by atoms with Gasteiger partial charge in [-0.1, -0.05) is 0 Å². The fourth-order valence-corrected chi connectivity index (χ4v) is 4.84. The first kappa shape index (κ1) is 22.5. The summed E-state index contributed by atoms with van der Waals surface area (Å²) in [6, 6.07) is 1.18. The number of aryl methyl sites for hydroxylation is 2. The maximum atomic E-state index is 12.6. The van der Waals surface area contributed by atoms with Gasteiger partial charge in [0.2, 0.25) is 0 Å². The van der Waals surface area contributed by atoms with E-state index in [0.29, 0.717) is 11.1 Å². The van der Waals surface area contributed by atoms with Gasteiger partial charge in [-0.2, -0.15) is 0 Å². The first-order valence-electron chi connectivity index (χ1n) is 9.79.